The Kier molecular flexibility index (Phi) is 10.4. The molecule has 0 heterocycles. The second-order valence-corrected chi connectivity index (χ2v) is 6.15. The van der Waals surface area contributed by atoms with Crippen molar-refractivity contribution < 1.29 is 14.6 Å². The molecule has 1 fully saturated rings. The van der Waals surface area contributed by atoms with Gasteiger partial charge in [-0.25, -0.2) is 0 Å². The van der Waals surface area contributed by atoms with Gasteiger partial charge in [0.25, 0.3) is 0 Å². The highest BCUT2D eigenvalue weighted by Gasteiger charge is 2.19. The third kappa shape index (κ3) is 9.43. The standard InChI is InChI=1S/C17H33N3O3/c1-3-18-17(20-14-9-11-15(21)12-10-14)19-13-7-5-4-6-8-16(22)23-2/h14-15,21H,3-13H2,1-2H3,(H2,18,19,20). The molecule has 1 rings (SSSR count). The molecule has 0 atom stereocenters. The van der Waals surface area contributed by atoms with Crippen molar-refractivity contribution in [3.63, 3.8) is 0 Å². The number of esters is 1. The molecular formula is C17H33N3O3. The summed E-state index contributed by atoms with van der Waals surface area (Å²) in [6, 6.07) is 0.413. The van der Waals surface area contributed by atoms with Gasteiger partial charge in [0.05, 0.1) is 13.2 Å². The maximum Gasteiger partial charge on any atom is 0.305 e. The van der Waals surface area contributed by atoms with E-state index in [2.05, 4.69) is 27.3 Å². The van der Waals surface area contributed by atoms with Crippen LogP contribution in [0.25, 0.3) is 0 Å². The normalized spacial score (nSPS) is 21.8. The van der Waals surface area contributed by atoms with Crippen molar-refractivity contribution in [2.75, 3.05) is 20.2 Å². The molecule has 134 valence electrons. The van der Waals surface area contributed by atoms with Crippen molar-refractivity contribution >= 4 is 11.9 Å². The minimum Gasteiger partial charge on any atom is -0.469 e. The second kappa shape index (κ2) is 12.2. The van der Waals surface area contributed by atoms with Gasteiger partial charge in [-0.1, -0.05) is 12.8 Å². The number of guanidine groups is 1. The predicted octanol–water partition coefficient (Wildman–Crippen LogP) is 1.97. The van der Waals surface area contributed by atoms with Crippen LogP contribution in [-0.2, 0) is 9.53 Å². The molecule has 0 radical (unpaired) electrons. The molecule has 0 aromatic heterocycles. The predicted molar refractivity (Wildman–Crippen MR) is 92.5 cm³/mol. The van der Waals surface area contributed by atoms with E-state index in [4.69, 9.17) is 0 Å². The van der Waals surface area contributed by atoms with Gasteiger partial charge in [0, 0.05) is 25.6 Å². The lowest BCUT2D eigenvalue weighted by molar-refractivity contribution is -0.140. The van der Waals surface area contributed by atoms with E-state index in [-0.39, 0.29) is 12.1 Å². The first-order chi connectivity index (χ1) is 11.2. The number of unbranched alkanes of at least 4 members (excludes halogenated alkanes) is 3. The number of carbonyl (C=O) groups excluding carboxylic acids is 1. The number of aliphatic hydroxyl groups is 1. The summed E-state index contributed by atoms with van der Waals surface area (Å²) in [6.45, 7) is 3.71. The molecule has 0 saturated heterocycles. The summed E-state index contributed by atoms with van der Waals surface area (Å²) in [5.74, 6) is 0.753. The first-order valence-corrected chi connectivity index (χ1v) is 8.95. The summed E-state index contributed by atoms with van der Waals surface area (Å²) in [5, 5.41) is 16.3. The van der Waals surface area contributed by atoms with E-state index in [1.165, 1.54) is 7.11 Å². The van der Waals surface area contributed by atoms with Crippen LogP contribution in [0.5, 0.6) is 0 Å². The fraction of sp³-hybridized carbons (Fsp3) is 0.882. The van der Waals surface area contributed by atoms with E-state index in [9.17, 15) is 9.90 Å². The lowest BCUT2D eigenvalue weighted by Crippen LogP contribution is -2.45. The van der Waals surface area contributed by atoms with E-state index in [1.807, 2.05) is 0 Å². The molecule has 1 aliphatic carbocycles. The number of hydrogen-bond acceptors (Lipinski definition) is 4. The Bertz CT molecular complexity index is 353. The average molecular weight is 327 g/mol. The van der Waals surface area contributed by atoms with Gasteiger partial charge in [0.2, 0.25) is 0 Å². The van der Waals surface area contributed by atoms with Crippen LogP contribution < -0.4 is 10.6 Å². The maximum absolute atomic E-state index is 11.0. The monoisotopic (exact) mass is 327 g/mol. The van der Waals surface area contributed by atoms with Gasteiger partial charge in [-0.3, -0.25) is 9.79 Å². The Morgan fingerprint density at radius 1 is 1.17 bits per heavy atom. The highest BCUT2D eigenvalue weighted by atomic mass is 16.5. The second-order valence-electron chi connectivity index (χ2n) is 6.15. The Labute approximate surface area is 140 Å². The molecule has 0 unspecified atom stereocenters. The molecule has 0 aromatic rings. The first kappa shape index (κ1) is 19.7. The zero-order valence-electron chi connectivity index (χ0n) is 14.6. The Balaban J connectivity index is 2.17. The van der Waals surface area contributed by atoms with E-state index in [0.29, 0.717) is 12.5 Å². The van der Waals surface area contributed by atoms with Crippen LogP contribution in [-0.4, -0.2) is 49.4 Å². The minimum atomic E-state index is -0.127. The number of carbonyl (C=O) groups is 1. The van der Waals surface area contributed by atoms with Crippen molar-refractivity contribution in [2.45, 2.75) is 76.9 Å². The molecule has 1 saturated carbocycles. The Hall–Kier alpha value is -1.30. The number of rotatable bonds is 9. The highest BCUT2D eigenvalue weighted by Crippen LogP contribution is 2.18. The van der Waals surface area contributed by atoms with Gasteiger partial charge in [-0.15, -0.1) is 0 Å². The van der Waals surface area contributed by atoms with Crippen LogP contribution in [0, 0.1) is 0 Å². The summed E-state index contributed by atoms with van der Waals surface area (Å²) in [6.07, 6.45) is 8.16. The first-order valence-electron chi connectivity index (χ1n) is 8.95. The molecule has 0 spiro atoms. The zero-order valence-corrected chi connectivity index (χ0v) is 14.6. The fourth-order valence-electron chi connectivity index (χ4n) is 2.76. The zero-order chi connectivity index (χ0) is 16.9. The van der Waals surface area contributed by atoms with Crippen LogP contribution in [0.3, 0.4) is 0 Å². The molecule has 6 nitrogen and oxygen atoms in total. The number of aliphatic imine (C=N–C) groups is 1. The Morgan fingerprint density at radius 2 is 1.87 bits per heavy atom. The molecule has 0 aromatic carbocycles. The quantitative estimate of drug-likeness (QED) is 0.261. The largest absolute Gasteiger partial charge is 0.469 e. The van der Waals surface area contributed by atoms with Crippen LogP contribution in [0.2, 0.25) is 0 Å². The van der Waals surface area contributed by atoms with E-state index < -0.39 is 0 Å². The molecule has 23 heavy (non-hydrogen) atoms. The molecule has 0 bridgehead atoms. The van der Waals surface area contributed by atoms with Gasteiger partial charge in [0.1, 0.15) is 0 Å². The van der Waals surface area contributed by atoms with Gasteiger partial charge in [0.15, 0.2) is 5.96 Å². The van der Waals surface area contributed by atoms with Crippen molar-refractivity contribution in [3.05, 3.63) is 0 Å². The lowest BCUT2D eigenvalue weighted by Gasteiger charge is -2.27. The molecular weight excluding hydrogens is 294 g/mol. The number of methoxy groups -OCH3 is 1. The number of hydrogen-bond donors (Lipinski definition) is 3. The molecule has 0 aliphatic heterocycles. The highest BCUT2D eigenvalue weighted by molar-refractivity contribution is 5.80. The topological polar surface area (TPSA) is 83.0 Å². The van der Waals surface area contributed by atoms with Crippen LogP contribution in [0.4, 0.5) is 0 Å². The summed E-state index contributed by atoms with van der Waals surface area (Å²) in [5.41, 5.74) is 0. The average Bonchev–Trinajstić information content (AvgIpc) is 2.55. The minimum absolute atomic E-state index is 0.126. The van der Waals surface area contributed by atoms with Crippen molar-refractivity contribution in [2.24, 2.45) is 4.99 Å². The lowest BCUT2D eigenvalue weighted by atomic mass is 9.93. The SMILES string of the molecule is CCNC(=NCCCCCCC(=O)OC)NC1CCC(O)CC1. The van der Waals surface area contributed by atoms with Gasteiger partial charge in [-0.05, 0) is 45.4 Å². The van der Waals surface area contributed by atoms with Gasteiger partial charge in [-0.2, -0.15) is 0 Å². The van der Waals surface area contributed by atoms with Crippen LogP contribution in [0.15, 0.2) is 4.99 Å². The molecule has 6 heteroatoms. The van der Waals surface area contributed by atoms with Crippen LogP contribution in [0.1, 0.15) is 64.7 Å². The number of nitrogens with zero attached hydrogens (tertiary/aromatic N) is 1. The maximum atomic E-state index is 11.0. The van der Waals surface area contributed by atoms with Gasteiger partial charge >= 0.3 is 5.97 Å². The number of aliphatic hydroxyl groups excluding tert-OH is 1. The van der Waals surface area contributed by atoms with Gasteiger partial charge < -0.3 is 20.5 Å². The summed E-state index contributed by atoms with van der Waals surface area (Å²) < 4.78 is 4.62. The van der Waals surface area contributed by atoms with Crippen LogP contribution >= 0.6 is 0 Å². The van der Waals surface area contributed by atoms with E-state index in [0.717, 1.165) is 70.4 Å². The fourth-order valence-corrected chi connectivity index (χ4v) is 2.76. The number of nitrogens with one attached hydrogen (secondary N) is 2. The third-order valence-corrected chi connectivity index (χ3v) is 4.17. The summed E-state index contributed by atoms with van der Waals surface area (Å²) in [4.78, 5) is 15.6. The number of ether oxygens (including phenoxy) is 1. The van der Waals surface area contributed by atoms with Crippen molar-refractivity contribution in [1.82, 2.24) is 10.6 Å². The Morgan fingerprint density at radius 3 is 2.52 bits per heavy atom. The molecule has 3 N–H and O–H groups in total. The van der Waals surface area contributed by atoms with Crippen molar-refractivity contribution in [3.8, 4) is 0 Å². The van der Waals surface area contributed by atoms with E-state index >= 15 is 0 Å². The summed E-state index contributed by atoms with van der Waals surface area (Å²) in [7, 11) is 1.43. The van der Waals surface area contributed by atoms with E-state index in [1.54, 1.807) is 0 Å². The van der Waals surface area contributed by atoms with Crippen molar-refractivity contribution in [1.29, 1.82) is 0 Å². The third-order valence-electron chi connectivity index (χ3n) is 4.17. The molecule has 0 amide bonds. The smallest absolute Gasteiger partial charge is 0.305 e. The summed E-state index contributed by atoms with van der Waals surface area (Å²) >= 11 is 0. The molecule has 1 aliphatic rings.